The minimum Gasteiger partial charge on any atom is -0.488 e. The fourth-order valence-electron chi connectivity index (χ4n) is 1.84. The van der Waals surface area contributed by atoms with E-state index in [4.69, 9.17) is 9.47 Å². The van der Waals surface area contributed by atoms with Gasteiger partial charge in [-0.2, -0.15) is 0 Å². The summed E-state index contributed by atoms with van der Waals surface area (Å²) in [5.74, 6) is 0.686. The van der Waals surface area contributed by atoms with Crippen LogP contribution in [0.5, 0.6) is 5.75 Å². The van der Waals surface area contributed by atoms with Crippen LogP contribution in [0.3, 0.4) is 0 Å². The zero-order valence-electron chi connectivity index (χ0n) is 11.5. The molecule has 0 radical (unpaired) electrons. The van der Waals surface area contributed by atoms with E-state index in [1.165, 1.54) is 0 Å². The van der Waals surface area contributed by atoms with Crippen LogP contribution < -0.4 is 4.74 Å². The summed E-state index contributed by atoms with van der Waals surface area (Å²) in [5, 5.41) is 0. The highest BCUT2D eigenvalue weighted by molar-refractivity contribution is 5.75. The van der Waals surface area contributed by atoms with Gasteiger partial charge in [-0.05, 0) is 24.6 Å². The van der Waals surface area contributed by atoms with Crippen molar-refractivity contribution >= 4 is 6.29 Å². The number of benzene rings is 2. The van der Waals surface area contributed by atoms with E-state index in [1.54, 1.807) is 18.2 Å². The molecule has 0 aliphatic rings. The van der Waals surface area contributed by atoms with Crippen LogP contribution in [0.2, 0.25) is 0 Å². The highest BCUT2D eigenvalue weighted by atomic mass is 16.5. The van der Waals surface area contributed by atoms with Crippen molar-refractivity contribution in [3.63, 3.8) is 0 Å². The second kappa shape index (κ2) is 7.46. The molecular formula is C17H18O3. The molecule has 0 saturated carbocycles. The van der Waals surface area contributed by atoms with Crippen molar-refractivity contribution in [2.75, 3.05) is 6.61 Å². The smallest absolute Gasteiger partial charge is 0.150 e. The van der Waals surface area contributed by atoms with E-state index in [9.17, 15) is 4.79 Å². The SMILES string of the molecule is CC(COCc1ccccc1)Oc1cccc(C=O)c1. The molecule has 0 aliphatic heterocycles. The fraction of sp³-hybridized carbons (Fsp3) is 0.235. The maximum atomic E-state index is 10.7. The van der Waals surface area contributed by atoms with Gasteiger partial charge in [-0.1, -0.05) is 42.5 Å². The zero-order chi connectivity index (χ0) is 14.2. The normalized spacial score (nSPS) is 11.8. The zero-order valence-corrected chi connectivity index (χ0v) is 11.5. The number of hydrogen-bond acceptors (Lipinski definition) is 3. The van der Waals surface area contributed by atoms with Crippen molar-refractivity contribution in [2.45, 2.75) is 19.6 Å². The number of rotatable bonds is 7. The lowest BCUT2D eigenvalue weighted by Gasteiger charge is -2.15. The van der Waals surface area contributed by atoms with Crippen LogP contribution in [-0.4, -0.2) is 19.0 Å². The largest absolute Gasteiger partial charge is 0.488 e. The van der Waals surface area contributed by atoms with Gasteiger partial charge in [0, 0.05) is 5.56 Å². The lowest BCUT2D eigenvalue weighted by Crippen LogP contribution is -2.19. The van der Waals surface area contributed by atoms with Crippen molar-refractivity contribution in [3.8, 4) is 5.75 Å². The summed E-state index contributed by atoms with van der Waals surface area (Å²) < 4.78 is 11.3. The van der Waals surface area contributed by atoms with Crippen molar-refractivity contribution < 1.29 is 14.3 Å². The van der Waals surface area contributed by atoms with Crippen LogP contribution in [0.25, 0.3) is 0 Å². The van der Waals surface area contributed by atoms with Gasteiger partial charge in [0.15, 0.2) is 0 Å². The molecule has 0 fully saturated rings. The second-order valence-corrected chi connectivity index (χ2v) is 4.62. The van der Waals surface area contributed by atoms with Crippen LogP contribution in [0, 0.1) is 0 Å². The number of carbonyl (C=O) groups is 1. The van der Waals surface area contributed by atoms with Crippen molar-refractivity contribution in [1.29, 1.82) is 0 Å². The third-order valence-electron chi connectivity index (χ3n) is 2.80. The van der Waals surface area contributed by atoms with Gasteiger partial charge in [-0.15, -0.1) is 0 Å². The second-order valence-electron chi connectivity index (χ2n) is 4.62. The van der Waals surface area contributed by atoms with Crippen molar-refractivity contribution in [2.24, 2.45) is 0 Å². The van der Waals surface area contributed by atoms with E-state index in [1.807, 2.05) is 43.3 Å². The molecule has 0 heterocycles. The van der Waals surface area contributed by atoms with Crippen molar-refractivity contribution in [3.05, 3.63) is 65.7 Å². The molecule has 0 aliphatic carbocycles. The Morgan fingerprint density at radius 3 is 2.65 bits per heavy atom. The molecule has 0 N–H and O–H groups in total. The molecule has 2 aromatic rings. The van der Waals surface area contributed by atoms with E-state index < -0.39 is 0 Å². The van der Waals surface area contributed by atoms with Crippen LogP contribution in [-0.2, 0) is 11.3 Å². The molecule has 0 amide bonds. The summed E-state index contributed by atoms with van der Waals surface area (Å²) in [6.45, 7) is 3.02. The van der Waals surface area contributed by atoms with Gasteiger partial charge < -0.3 is 9.47 Å². The minimum atomic E-state index is -0.0689. The first kappa shape index (κ1) is 14.3. The summed E-state index contributed by atoms with van der Waals surface area (Å²) in [6.07, 6.45) is 0.740. The van der Waals surface area contributed by atoms with Crippen LogP contribution in [0.4, 0.5) is 0 Å². The maximum Gasteiger partial charge on any atom is 0.150 e. The monoisotopic (exact) mass is 270 g/mol. The van der Waals surface area contributed by atoms with E-state index in [0.717, 1.165) is 11.8 Å². The van der Waals surface area contributed by atoms with Gasteiger partial charge in [-0.25, -0.2) is 0 Å². The molecule has 0 aromatic heterocycles. The molecule has 2 rings (SSSR count). The fourth-order valence-corrected chi connectivity index (χ4v) is 1.84. The molecule has 0 spiro atoms. The Hall–Kier alpha value is -2.13. The molecule has 2 aromatic carbocycles. The maximum absolute atomic E-state index is 10.7. The Labute approximate surface area is 119 Å². The first-order valence-electron chi connectivity index (χ1n) is 6.61. The number of hydrogen-bond donors (Lipinski definition) is 0. The van der Waals surface area contributed by atoms with Crippen LogP contribution in [0.15, 0.2) is 54.6 Å². The average Bonchev–Trinajstić information content (AvgIpc) is 2.48. The Morgan fingerprint density at radius 1 is 1.10 bits per heavy atom. The predicted octanol–water partition coefficient (Wildman–Crippen LogP) is 3.48. The highest BCUT2D eigenvalue weighted by Crippen LogP contribution is 2.14. The van der Waals surface area contributed by atoms with E-state index >= 15 is 0 Å². The van der Waals surface area contributed by atoms with Gasteiger partial charge in [0.2, 0.25) is 0 Å². The van der Waals surface area contributed by atoms with Gasteiger partial charge in [-0.3, -0.25) is 4.79 Å². The summed E-state index contributed by atoms with van der Waals surface area (Å²) in [7, 11) is 0. The molecular weight excluding hydrogens is 252 g/mol. The number of ether oxygens (including phenoxy) is 2. The number of carbonyl (C=O) groups excluding carboxylic acids is 1. The van der Waals surface area contributed by atoms with Gasteiger partial charge in [0.05, 0.1) is 13.2 Å². The summed E-state index contributed by atoms with van der Waals surface area (Å²) >= 11 is 0. The third-order valence-corrected chi connectivity index (χ3v) is 2.80. The topological polar surface area (TPSA) is 35.5 Å². The van der Waals surface area contributed by atoms with Crippen molar-refractivity contribution in [1.82, 2.24) is 0 Å². The molecule has 3 nitrogen and oxygen atoms in total. The van der Waals surface area contributed by atoms with Gasteiger partial charge >= 0.3 is 0 Å². The molecule has 104 valence electrons. The lowest BCUT2D eigenvalue weighted by atomic mass is 10.2. The molecule has 0 saturated heterocycles. The summed E-state index contributed by atoms with van der Waals surface area (Å²) in [4.78, 5) is 10.7. The Bertz CT molecular complexity index is 537. The molecule has 1 unspecified atom stereocenters. The molecule has 1 atom stereocenters. The standard InChI is InChI=1S/C17H18O3/c1-14(12-19-13-15-6-3-2-4-7-15)20-17-9-5-8-16(10-17)11-18/h2-11,14H,12-13H2,1H3. The number of aldehydes is 1. The minimum absolute atomic E-state index is 0.0689. The summed E-state index contributed by atoms with van der Waals surface area (Å²) in [5.41, 5.74) is 1.75. The van der Waals surface area contributed by atoms with Gasteiger partial charge in [0.25, 0.3) is 0 Å². The Morgan fingerprint density at radius 2 is 1.90 bits per heavy atom. The first-order chi connectivity index (χ1) is 9.78. The Kier molecular flexibility index (Phi) is 5.33. The first-order valence-corrected chi connectivity index (χ1v) is 6.61. The Balaban J connectivity index is 1.77. The lowest BCUT2D eigenvalue weighted by molar-refractivity contribution is 0.0492. The van der Waals surface area contributed by atoms with E-state index in [-0.39, 0.29) is 6.10 Å². The quantitative estimate of drug-likeness (QED) is 0.722. The van der Waals surface area contributed by atoms with Crippen LogP contribution >= 0.6 is 0 Å². The van der Waals surface area contributed by atoms with Gasteiger partial charge in [0.1, 0.15) is 18.1 Å². The molecule has 20 heavy (non-hydrogen) atoms. The van der Waals surface area contributed by atoms with E-state index in [0.29, 0.717) is 24.5 Å². The van der Waals surface area contributed by atoms with E-state index in [2.05, 4.69) is 0 Å². The third kappa shape index (κ3) is 4.52. The molecule has 0 bridgehead atoms. The highest BCUT2D eigenvalue weighted by Gasteiger charge is 2.05. The average molecular weight is 270 g/mol. The summed E-state index contributed by atoms with van der Waals surface area (Å²) in [6, 6.07) is 17.1. The van der Waals surface area contributed by atoms with Crippen LogP contribution in [0.1, 0.15) is 22.8 Å². The predicted molar refractivity (Wildman–Crippen MR) is 78.0 cm³/mol. The molecule has 3 heteroatoms.